The number of fused-ring (bicyclic) bond motifs is 1. The van der Waals surface area contributed by atoms with Crippen LogP contribution in [0.25, 0.3) is 10.9 Å². The van der Waals surface area contributed by atoms with E-state index in [0.717, 1.165) is 24.8 Å². The van der Waals surface area contributed by atoms with E-state index in [4.69, 9.17) is 11.6 Å². The summed E-state index contributed by atoms with van der Waals surface area (Å²) in [5.74, 6) is -0.555. The Morgan fingerprint density at radius 3 is 2.26 bits per heavy atom. The molecular weight excluding hydrogens is 489 g/mol. The van der Waals surface area contributed by atoms with Gasteiger partial charge in [0.2, 0.25) is 15.3 Å². The van der Waals surface area contributed by atoms with Crippen molar-refractivity contribution in [3.63, 3.8) is 0 Å². The van der Waals surface area contributed by atoms with Crippen molar-refractivity contribution in [1.82, 2.24) is 4.57 Å². The average molecular weight is 512 g/mol. The van der Waals surface area contributed by atoms with Crippen LogP contribution in [-0.4, -0.2) is 39.2 Å². The van der Waals surface area contributed by atoms with Gasteiger partial charge in [0, 0.05) is 50.1 Å². The molecular formula is C26H23ClFN3O3S. The van der Waals surface area contributed by atoms with Crippen LogP contribution in [-0.2, 0) is 16.9 Å². The molecule has 6 nitrogen and oxygen atoms in total. The van der Waals surface area contributed by atoms with E-state index in [1.807, 2.05) is 23.1 Å². The number of benzene rings is 3. The molecule has 0 bridgehead atoms. The first-order chi connectivity index (χ1) is 16.8. The van der Waals surface area contributed by atoms with Crippen molar-refractivity contribution >= 4 is 43.7 Å². The summed E-state index contributed by atoms with van der Waals surface area (Å²) < 4.78 is 43.2. The summed E-state index contributed by atoms with van der Waals surface area (Å²) in [5, 5.41) is 0.256. The molecule has 9 heteroatoms. The van der Waals surface area contributed by atoms with Crippen LogP contribution in [0, 0.1) is 5.82 Å². The van der Waals surface area contributed by atoms with Crippen LogP contribution in [0.4, 0.5) is 15.8 Å². The normalized spacial score (nSPS) is 14.5. The molecule has 0 unspecified atom stereocenters. The monoisotopic (exact) mass is 511 g/mol. The fraction of sp³-hybridized carbons (Fsp3) is 0.192. The second-order valence-electron chi connectivity index (χ2n) is 8.52. The van der Waals surface area contributed by atoms with Gasteiger partial charge in [-0.3, -0.25) is 4.79 Å². The van der Waals surface area contributed by atoms with E-state index in [2.05, 4.69) is 17.0 Å². The highest BCUT2D eigenvalue weighted by Gasteiger charge is 2.26. The molecule has 1 saturated heterocycles. The second kappa shape index (κ2) is 9.02. The first-order valence-corrected chi connectivity index (χ1v) is 13.0. The van der Waals surface area contributed by atoms with Gasteiger partial charge >= 0.3 is 0 Å². The van der Waals surface area contributed by atoms with E-state index in [-0.39, 0.29) is 15.3 Å². The van der Waals surface area contributed by atoms with E-state index in [1.165, 1.54) is 24.4 Å². The lowest BCUT2D eigenvalue weighted by Crippen LogP contribution is -2.46. The SMILES string of the molecule is Cn1cc(S(=O)(=O)c2cccc(Cl)c2)c(=O)c2cc(F)c(N3CCN(c4ccccc4)CC3)cc21. The molecule has 3 aromatic carbocycles. The summed E-state index contributed by atoms with van der Waals surface area (Å²) in [6.07, 6.45) is 1.29. The Kier molecular flexibility index (Phi) is 6.02. The molecule has 0 spiro atoms. The van der Waals surface area contributed by atoms with Crippen LogP contribution in [0.2, 0.25) is 5.02 Å². The van der Waals surface area contributed by atoms with Gasteiger partial charge in [0.15, 0.2) is 0 Å². The third-order valence-corrected chi connectivity index (χ3v) is 8.34. The van der Waals surface area contributed by atoms with Crippen LogP contribution < -0.4 is 15.2 Å². The number of para-hydroxylation sites is 1. The molecule has 1 fully saturated rings. The van der Waals surface area contributed by atoms with E-state index >= 15 is 4.39 Å². The second-order valence-corrected chi connectivity index (χ2v) is 10.9. The third kappa shape index (κ3) is 4.28. The fourth-order valence-electron chi connectivity index (χ4n) is 4.50. The molecule has 0 amide bonds. The average Bonchev–Trinajstić information content (AvgIpc) is 2.86. The molecule has 0 N–H and O–H groups in total. The lowest BCUT2D eigenvalue weighted by Gasteiger charge is -2.37. The fourth-order valence-corrected chi connectivity index (χ4v) is 6.20. The van der Waals surface area contributed by atoms with Crippen molar-refractivity contribution in [3.8, 4) is 0 Å². The summed E-state index contributed by atoms with van der Waals surface area (Å²) in [4.78, 5) is 16.9. The molecule has 0 aliphatic carbocycles. The van der Waals surface area contributed by atoms with Gasteiger partial charge < -0.3 is 14.4 Å². The third-order valence-electron chi connectivity index (χ3n) is 6.36. The minimum atomic E-state index is -4.14. The number of hydrogen-bond donors (Lipinski definition) is 0. The highest BCUT2D eigenvalue weighted by atomic mass is 35.5. The molecule has 4 aromatic rings. The van der Waals surface area contributed by atoms with E-state index in [9.17, 15) is 13.2 Å². The summed E-state index contributed by atoms with van der Waals surface area (Å²) in [7, 11) is -2.49. The maximum absolute atomic E-state index is 15.3. The number of anilines is 2. The van der Waals surface area contributed by atoms with Crippen LogP contribution in [0.3, 0.4) is 0 Å². The zero-order valence-corrected chi connectivity index (χ0v) is 20.6. The van der Waals surface area contributed by atoms with E-state index < -0.39 is 26.0 Å². The largest absolute Gasteiger partial charge is 0.368 e. The number of rotatable bonds is 4. The van der Waals surface area contributed by atoms with Gasteiger partial charge in [0.1, 0.15) is 10.7 Å². The predicted octanol–water partition coefficient (Wildman–Crippen LogP) is 4.49. The smallest absolute Gasteiger partial charge is 0.211 e. The molecule has 0 atom stereocenters. The molecule has 0 saturated carbocycles. The first kappa shape index (κ1) is 23.4. The van der Waals surface area contributed by atoms with Gasteiger partial charge in [-0.25, -0.2) is 12.8 Å². The van der Waals surface area contributed by atoms with Gasteiger partial charge in [-0.15, -0.1) is 0 Å². The Balaban J connectivity index is 1.51. The Morgan fingerprint density at radius 1 is 0.886 bits per heavy atom. The van der Waals surface area contributed by atoms with Crippen LogP contribution in [0.15, 0.2) is 87.5 Å². The minimum absolute atomic E-state index is 0.0137. The lowest BCUT2D eigenvalue weighted by atomic mass is 10.1. The zero-order chi connectivity index (χ0) is 24.7. The van der Waals surface area contributed by atoms with Gasteiger partial charge in [-0.05, 0) is 42.5 Å². The molecule has 0 radical (unpaired) electrons. The highest BCUT2D eigenvalue weighted by molar-refractivity contribution is 7.91. The molecule has 1 aliphatic heterocycles. The maximum atomic E-state index is 15.3. The van der Waals surface area contributed by atoms with Crippen molar-refractivity contribution in [1.29, 1.82) is 0 Å². The number of halogens is 2. The number of nitrogens with zero attached hydrogens (tertiary/aromatic N) is 3. The van der Waals surface area contributed by atoms with Gasteiger partial charge in [0.05, 0.1) is 21.5 Å². The predicted molar refractivity (Wildman–Crippen MR) is 137 cm³/mol. The van der Waals surface area contributed by atoms with Crippen molar-refractivity contribution < 1.29 is 12.8 Å². The summed E-state index contributed by atoms with van der Waals surface area (Å²) in [6.45, 7) is 2.70. The molecule has 1 aliphatic rings. The molecule has 180 valence electrons. The van der Waals surface area contributed by atoms with E-state index in [0.29, 0.717) is 24.3 Å². The standard InChI is InChI=1S/C26H23ClFN3O3S/c1-29-17-25(35(33,34)20-9-5-6-18(27)14-20)26(32)21-15-22(28)24(16-23(21)29)31-12-10-30(11-13-31)19-7-3-2-4-8-19/h2-9,14-17H,10-13H2,1H3. The van der Waals surface area contributed by atoms with Crippen molar-refractivity contribution in [2.24, 2.45) is 7.05 Å². The van der Waals surface area contributed by atoms with Gasteiger partial charge in [-0.2, -0.15) is 0 Å². The zero-order valence-electron chi connectivity index (χ0n) is 19.0. The maximum Gasteiger partial charge on any atom is 0.211 e. The van der Waals surface area contributed by atoms with Gasteiger partial charge in [-0.1, -0.05) is 35.9 Å². The summed E-state index contributed by atoms with van der Waals surface area (Å²) in [5.41, 5.74) is 1.24. The molecule has 2 heterocycles. The minimum Gasteiger partial charge on any atom is -0.368 e. The Bertz CT molecular complexity index is 1580. The summed E-state index contributed by atoms with van der Waals surface area (Å²) >= 11 is 5.96. The van der Waals surface area contributed by atoms with Gasteiger partial charge in [0.25, 0.3) is 0 Å². The number of aromatic nitrogens is 1. The Morgan fingerprint density at radius 2 is 1.57 bits per heavy atom. The number of piperazine rings is 1. The van der Waals surface area contributed by atoms with Crippen LogP contribution in [0.5, 0.6) is 0 Å². The molecule has 5 rings (SSSR count). The van der Waals surface area contributed by atoms with Crippen molar-refractivity contribution in [2.75, 3.05) is 36.0 Å². The lowest BCUT2D eigenvalue weighted by molar-refractivity contribution is 0.593. The van der Waals surface area contributed by atoms with Crippen molar-refractivity contribution in [3.05, 3.63) is 94.0 Å². The quantitative estimate of drug-likeness (QED) is 0.404. The molecule has 1 aromatic heterocycles. The topological polar surface area (TPSA) is 62.6 Å². The van der Waals surface area contributed by atoms with Crippen LogP contribution in [0.1, 0.15) is 0 Å². The number of sulfone groups is 1. The number of hydrogen-bond acceptors (Lipinski definition) is 5. The van der Waals surface area contributed by atoms with Crippen LogP contribution >= 0.6 is 11.6 Å². The number of pyridine rings is 1. The Labute approximate surface area is 207 Å². The number of aryl methyl sites for hydroxylation is 1. The summed E-state index contributed by atoms with van der Waals surface area (Å²) in [6, 6.07) is 18.6. The van der Waals surface area contributed by atoms with Crippen molar-refractivity contribution in [2.45, 2.75) is 9.79 Å². The Hall–Kier alpha value is -3.36. The molecule has 35 heavy (non-hydrogen) atoms. The van der Waals surface area contributed by atoms with E-state index in [1.54, 1.807) is 23.7 Å². The highest BCUT2D eigenvalue weighted by Crippen LogP contribution is 2.29. The first-order valence-electron chi connectivity index (χ1n) is 11.1.